The Balaban J connectivity index is 3.71. The molecule has 0 saturated carbocycles. The highest BCUT2D eigenvalue weighted by Crippen LogP contribution is 1.95. The van der Waals surface area contributed by atoms with E-state index in [2.05, 4.69) is 0 Å². The van der Waals surface area contributed by atoms with Gasteiger partial charge in [-0.25, -0.2) is 0 Å². The summed E-state index contributed by atoms with van der Waals surface area (Å²) >= 11 is 0. The monoisotopic (exact) mass is 211 g/mol. The molecule has 0 rings (SSSR count). The standard InChI is InChI=1S/C7H17NO6/c9-1-3-13-8(14-4-2-10)5-7(12)6-11/h7,9-12H,1-6H2. The SMILES string of the molecule is OCCON(CC(O)CO)OCCO. The Morgan fingerprint density at radius 2 is 1.50 bits per heavy atom. The van der Waals surface area contributed by atoms with E-state index < -0.39 is 12.7 Å². The summed E-state index contributed by atoms with van der Waals surface area (Å²) in [4.78, 5) is 9.69. The Bertz CT molecular complexity index is 117. The number of hydroxylamine groups is 2. The van der Waals surface area contributed by atoms with Crippen molar-refractivity contribution < 1.29 is 30.1 Å². The first-order valence-electron chi connectivity index (χ1n) is 4.28. The average Bonchev–Trinajstić information content (AvgIpc) is 2.21. The average molecular weight is 211 g/mol. The summed E-state index contributed by atoms with van der Waals surface area (Å²) in [6, 6.07) is 0. The zero-order valence-electron chi connectivity index (χ0n) is 7.87. The van der Waals surface area contributed by atoms with Crippen molar-refractivity contribution in [3.05, 3.63) is 0 Å². The highest BCUT2D eigenvalue weighted by atomic mass is 16.9. The smallest absolute Gasteiger partial charge is 0.0945 e. The number of aliphatic hydroxyl groups is 4. The Labute approximate surface area is 82.0 Å². The molecule has 0 heterocycles. The van der Waals surface area contributed by atoms with E-state index in [1.165, 1.54) is 0 Å². The Hall–Kier alpha value is -0.280. The summed E-state index contributed by atoms with van der Waals surface area (Å²) < 4.78 is 0. The maximum atomic E-state index is 9.05. The van der Waals surface area contributed by atoms with Gasteiger partial charge in [-0.05, 0) is 0 Å². The molecule has 0 spiro atoms. The summed E-state index contributed by atoms with van der Waals surface area (Å²) in [7, 11) is 0. The minimum atomic E-state index is -0.993. The normalized spacial score (nSPS) is 13.5. The van der Waals surface area contributed by atoms with Gasteiger partial charge in [0, 0.05) is 0 Å². The van der Waals surface area contributed by atoms with E-state index in [1.807, 2.05) is 0 Å². The van der Waals surface area contributed by atoms with Gasteiger partial charge in [0.15, 0.2) is 0 Å². The Kier molecular flexibility index (Phi) is 9.10. The third-order valence-electron chi connectivity index (χ3n) is 1.22. The van der Waals surface area contributed by atoms with Crippen LogP contribution in [0.1, 0.15) is 0 Å². The molecule has 0 amide bonds. The molecule has 0 saturated heterocycles. The van der Waals surface area contributed by atoms with Gasteiger partial charge in [-0.2, -0.15) is 0 Å². The lowest BCUT2D eigenvalue weighted by molar-refractivity contribution is -0.377. The maximum Gasteiger partial charge on any atom is 0.0945 e. The van der Waals surface area contributed by atoms with E-state index in [4.69, 9.17) is 30.1 Å². The van der Waals surface area contributed by atoms with Crippen LogP contribution in [-0.2, 0) is 9.68 Å². The molecular formula is C7H17NO6. The molecule has 14 heavy (non-hydrogen) atoms. The number of hydrogen-bond donors (Lipinski definition) is 4. The van der Waals surface area contributed by atoms with Crippen molar-refractivity contribution in [1.29, 1.82) is 0 Å². The molecule has 0 radical (unpaired) electrons. The molecule has 0 bridgehead atoms. The van der Waals surface area contributed by atoms with Gasteiger partial charge in [0.05, 0.1) is 45.7 Å². The molecular weight excluding hydrogens is 194 g/mol. The van der Waals surface area contributed by atoms with Crippen LogP contribution in [0.25, 0.3) is 0 Å². The van der Waals surface area contributed by atoms with Crippen molar-refractivity contribution in [2.45, 2.75) is 6.10 Å². The lowest BCUT2D eigenvalue weighted by atomic mass is 10.4. The van der Waals surface area contributed by atoms with Crippen LogP contribution in [0.4, 0.5) is 0 Å². The van der Waals surface area contributed by atoms with Gasteiger partial charge in [-0.3, -0.25) is 9.68 Å². The van der Waals surface area contributed by atoms with E-state index in [-0.39, 0.29) is 33.0 Å². The molecule has 0 aliphatic heterocycles. The molecule has 0 aliphatic carbocycles. The zero-order chi connectivity index (χ0) is 10.8. The van der Waals surface area contributed by atoms with E-state index in [9.17, 15) is 0 Å². The van der Waals surface area contributed by atoms with Crippen molar-refractivity contribution in [2.75, 3.05) is 39.6 Å². The first-order chi connectivity index (χ1) is 6.74. The van der Waals surface area contributed by atoms with Crippen molar-refractivity contribution >= 4 is 0 Å². The summed E-state index contributed by atoms with van der Waals surface area (Å²) in [6.07, 6.45) is -0.993. The van der Waals surface area contributed by atoms with Crippen molar-refractivity contribution in [2.24, 2.45) is 0 Å². The van der Waals surface area contributed by atoms with E-state index in [1.54, 1.807) is 0 Å². The van der Waals surface area contributed by atoms with Crippen LogP contribution < -0.4 is 0 Å². The molecule has 0 aromatic carbocycles. The Morgan fingerprint density at radius 3 is 1.86 bits per heavy atom. The molecule has 86 valence electrons. The van der Waals surface area contributed by atoms with Crippen LogP contribution in [0.15, 0.2) is 0 Å². The zero-order valence-corrected chi connectivity index (χ0v) is 7.87. The molecule has 1 atom stereocenters. The van der Waals surface area contributed by atoms with Crippen LogP contribution in [0, 0.1) is 0 Å². The predicted molar refractivity (Wildman–Crippen MR) is 45.9 cm³/mol. The van der Waals surface area contributed by atoms with Gasteiger partial charge in [-0.15, -0.1) is 0 Å². The number of hydrogen-bond acceptors (Lipinski definition) is 7. The fourth-order valence-electron chi connectivity index (χ4n) is 0.658. The van der Waals surface area contributed by atoms with E-state index in [0.717, 1.165) is 5.23 Å². The number of rotatable bonds is 9. The molecule has 0 aromatic rings. The lowest BCUT2D eigenvalue weighted by Gasteiger charge is -2.21. The first kappa shape index (κ1) is 13.7. The van der Waals surface area contributed by atoms with E-state index >= 15 is 0 Å². The van der Waals surface area contributed by atoms with Crippen LogP contribution in [-0.4, -0.2) is 71.3 Å². The van der Waals surface area contributed by atoms with Gasteiger partial charge in [0.25, 0.3) is 0 Å². The van der Waals surface area contributed by atoms with Crippen molar-refractivity contribution in [3.63, 3.8) is 0 Å². The summed E-state index contributed by atoms with van der Waals surface area (Å²) in [6.45, 7) is -0.812. The molecule has 4 N–H and O–H groups in total. The van der Waals surface area contributed by atoms with Crippen molar-refractivity contribution in [3.8, 4) is 0 Å². The fraction of sp³-hybridized carbons (Fsp3) is 1.00. The van der Waals surface area contributed by atoms with Gasteiger partial charge in [0.2, 0.25) is 0 Å². The highest BCUT2D eigenvalue weighted by Gasteiger charge is 2.11. The second kappa shape index (κ2) is 9.28. The molecule has 1 unspecified atom stereocenters. The first-order valence-corrected chi connectivity index (χ1v) is 4.28. The minimum absolute atomic E-state index is 0.0174. The summed E-state index contributed by atoms with van der Waals surface area (Å²) in [5.74, 6) is 0. The van der Waals surface area contributed by atoms with Gasteiger partial charge >= 0.3 is 0 Å². The summed E-state index contributed by atoms with van der Waals surface area (Å²) in [5, 5.41) is 35.4. The molecule has 7 nitrogen and oxygen atoms in total. The van der Waals surface area contributed by atoms with Crippen LogP contribution in [0.3, 0.4) is 0 Å². The van der Waals surface area contributed by atoms with Gasteiger partial charge in [0.1, 0.15) is 0 Å². The topological polar surface area (TPSA) is 103 Å². The fourth-order valence-corrected chi connectivity index (χ4v) is 0.658. The third kappa shape index (κ3) is 7.15. The minimum Gasteiger partial charge on any atom is -0.394 e. The predicted octanol–water partition coefficient (Wildman–Crippen LogP) is -2.51. The quantitative estimate of drug-likeness (QED) is 0.312. The number of aliphatic hydroxyl groups excluding tert-OH is 4. The lowest BCUT2D eigenvalue weighted by Crippen LogP contribution is -2.36. The van der Waals surface area contributed by atoms with Crippen molar-refractivity contribution in [1.82, 2.24) is 5.23 Å². The van der Waals surface area contributed by atoms with Crippen LogP contribution in [0.2, 0.25) is 0 Å². The second-order valence-electron chi connectivity index (χ2n) is 2.47. The third-order valence-corrected chi connectivity index (χ3v) is 1.22. The van der Waals surface area contributed by atoms with Gasteiger partial charge in [-0.1, -0.05) is 5.23 Å². The van der Waals surface area contributed by atoms with E-state index in [0.29, 0.717) is 0 Å². The Morgan fingerprint density at radius 1 is 1.00 bits per heavy atom. The van der Waals surface area contributed by atoms with Crippen LogP contribution >= 0.6 is 0 Å². The van der Waals surface area contributed by atoms with Crippen LogP contribution in [0.5, 0.6) is 0 Å². The second-order valence-corrected chi connectivity index (χ2v) is 2.47. The molecule has 0 aliphatic rings. The molecule has 7 heteroatoms. The molecule has 0 aromatic heterocycles. The maximum absolute atomic E-state index is 9.05. The number of nitrogens with zero attached hydrogens (tertiary/aromatic N) is 1. The highest BCUT2D eigenvalue weighted by molar-refractivity contribution is 4.51. The largest absolute Gasteiger partial charge is 0.394 e. The molecule has 0 fully saturated rings. The van der Waals surface area contributed by atoms with Gasteiger partial charge < -0.3 is 20.4 Å². The summed E-state index contributed by atoms with van der Waals surface area (Å²) in [5.41, 5.74) is 0.